The van der Waals surface area contributed by atoms with E-state index in [-0.39, 0.29) is 5.41 Å². The molecule has 0 saturated heterocycles. The summed E-state index contributed by atoms with van der Waals surface area (Å²) >= 11 is 0. The maximum Gasteiger partial charge on any atom is 0.248 e. The van der Waals surface area contributed by atoms with E-state index in [4.69, 9.17) is 10.7 Å². The van der Waals surface area contributed by atoms with Gasteiger partial charge in [-0.25, -0.2) is 4.98 Å². The van der Waals surface area contributed by atoms with Gasteiger partial charge in [0, 0.05) is 11.1 Å². The molecule has 4 nitrogen and oxygen atoms in total. The van der Waals surface area contributed by atoms with E-state index < -0.39 is 5.91 Å². The summed E-state index contributed by atoms with van der Waals surface area (Å²) in [5.74, 6) is -0.465. The highest BCUT2D eigenvalue weighted by molar-refractivity contribution is 5.96. The van der Waals surface area contributed by atoms with Crippen LogP contribution in [0.1, 0.15) is 36.7 Å². The molecule has 0 bridgehead atoms. The molecule has 4 heteroatoms. The molecule has 0 aliphatic rings. The Balaban J connectivity index is 1.83. The summed E-state index contributed by atoms with van der Waals surface area (Å²) in [4.78, 5) is 21.2. The Kier molecular flexibility index (Phi) is 4.63. The second kappa shape index (κ2) is 7.13. The molecular weight excluding hydrogens is 358 g/mol. The summed E-state index contributed by atoms with van der Waals surface area (Å²) in [6, 6.07) is 21.8. The van der Waals surface area contributed by atoms with E-state index in [2.05, 4.69) is 50.0 Å². The number of nitrogens with two attached hydrogens (primary N) is 1. The molecule has 4 aromatic rings. The maximum atomic E-state index is 12.0. The Bertz CT molecular complexity index is 1200. The number of amides is 1. The van der Waals surface area contributed by atoms with Gasteiger partial charge in [0.15, 0.2) is 0 Å². The monoisotopic (exact) mass is 381 g/mol. The van der Waals surface area contributed by atoms with E-state index in [1.54, 1.807) is 12.3 Å². The third kappa shape index (κ3) is 3.87. The van der Waals surface area contributed by atoms with Gasteiger partial charge in [-0.15, -0.1) is 0 Å². The molecule has 1 heterocycles. The van der Waals surface area contributed by atoms with E-state index in [0.29, 0.717) is 11.3 Å². The molecule has 1 aromatic heterocycles. The number of fused-ring (bicyclic) bond motifs is 1. The number of para-hydroxylation sites is 2. The number of carbonyl (C=O) groups excluding carboxylic acids is 1. The molecule has 144 valence electrons. The van der Waals surface area contributed by atoms with Crippen LogP contribution in [0.15, 0.2) is 72.9 Å². The second-order valence-electron chi connectivity index (χ2n) is 8.23. The molecule has 0 radical (unpaired) electrons. The molecule has 0 unspecified atom stereocenters. The highest BCUT2D eigenvalue weighted by atomic mass is 16.1. The first-order valence-electron chi connectivity index (χ1n) is 9.59. The molecule has 3 aromatic carbocycles. The van der Waals surface area contributed by atoms with Crippen molar-refractivity contribution < 1.29 is 4.79 Å². The van der Waals surface area contributed by atoms with Crippen molar-refractivity contribution in [1.29, 1.82) is 0 Å². The van der Waals surface area contributed by atoms with Crippen LogP contribution < -0.4 is 5.73 Å². The first-order valence-corrected chi connectivity index (χ1v) is 9.59. The van der Waals surface area contributed by atoms with Crippen LogP contribution in [0, 0.1) is 0 Å². The van der Waals surface area contributed by atoms with E-state index in [1.165, 1.54) is 5.56 Å². The Morgan fingerprint density at radius 3 is 2.14 bits per heavy atom. The number of nitrogens with zero attached hydrogens (tertiary/aromatic N) is 2. The maximum absolute atomic E-state index is 12.0. The van der Waals surface area contributed by atoms with E-state index in [0.717, 1.165) is 27.7 Å². The van der Waals surface area contributed by atoms with E-state index >= 15 is 0 Å². The number of hydrogen-bond acceptors (Lipinski definition) is 3. The molecule has 1 amide bonds. The van der Waals surface area contributed by atoms with Crippen LogP contribution in [0.25, 0.3) is 33.4 Å². The van der Waals surface area contributed by atoms with Gasteiger partial charge in [-0.1, -0.05) is 57.2 Å². The molecule has 0 atom stereocenters. The number of aromatic nitrogens is 2. The van der Waals surface area contributed by atoms with Gasteiger partial charge >= 0.3 is 0 Å². The highest BCUT2D eigenvalue weighted by Crippen LogP contribution is 2.30. The Hall–Kier alpha value is -3.53. The third-order valence-electron chi connectivity index (χ3n) is 5.05. The highest BCUT2D eigenvalue weighted by Gasteiger charge is 2.14. The molecule has 0 aliphatic heterocycles. The molecule has 0 aliphatic carbocycles. The van der Waals surface area contributed by atoms with E-state index in [1.807, 2.05) is 36.4 Å². The van der Waals surface area contributed by atoms with Crippen molar-refractivity contribution in [2.24, 2.45) is 5.73 Å². The zero-order valence-electron chi connectivity index (χ0n) is 16.8. The van der Waals surface area contributed by atoms with Crippen LogP contribution in [0.2, 0.25) is 0 Å². The van der Waals surface area contributed by atoms with Crippen LogP contribution >= 0.6 is 0 Å². The van der Waals surface area contributed by atoms with Gasteiger partial charge in [0.2, 0.25) is 5.91 Å². The summed E-state index contributed by atoms with van der Waals surface area (Å²) in [6.07, 6.45) is 1.73. The molecular formula is C25H23N3O. The summed E-state index contributed by atoms with van der Waals surface area (Å²) in [5.41, 5.74) is 12.5. The number of benzene rings is 3. The Morgan fingerprint density at radius 2 is 1.48 bits per heavy atom. The van der Waals surface area contributed by atoms with E-state index in [9.17, 15) is 4.79 Å². The minimum atomic E-state index is -0.465. The SMILES string of the molecule is CC(C)(C)c1ccc(-c2cc(C(N)=O)cc(-c3cnc4ccccc4n3)c2)cc1. The van der Waals surface area contributed by atoms with Gasteiger partial charge in [-0.05, 0) is 52.4 Å². The van der Waals surface area contributed by atoms with Crippen LogP contribution in [-0.2, 0) is 5.41 Å². The molecule has 0 spiro atoms. The zero-order valence-corrected chi connectivity index (χ0v) is 16.8. The van der Waals surface area contributed by atoms with Crippen LogP contribution in [0.4, 0.5) is 0 Å². The van der Waals surface area contributed by atoms with Gasteiger partial charge < -0.3 is 5.73 Å². The summed E-state index contributed by atoms with van der Waals surface area (Å²) < 4.78 is 0. The van der Waals surface area contributed by atoms with Gasteiger partial charge in [-0.3, -0.25) is 9.78 Å². The lowest BCUT2D eigenvalue weighted by atomic mass is 9.86. The van der Waals surface area contributed by atoms with Crippen molar-refractivity contribution in [2.45, 2.75) is 26.2 Å². The Morgan fingerprint density at radius 1 is 0.828 bits per heavy atom. The summed E-state index contributed by atoms with van der Waals surface area (Å²) in [7, 11) is 0. The fourth-order valence-electron chi connectivity index (χ4n) is 3.34. The smallest absolute Gasteiger partial charge is 0.248 e. The number of carbonyl (C=O) groups is 1. The van der Waals surface area contributed by atoms with Gasteiger partial charge in [0.05, 0.1) is 22.9 Å². The minimum absolute atomic E-state index is 0.0828. The van der Waals surface area contributed by atoms with Crippen molar-refractivity contribution in [3.63, 3.8) is 0 Å². The predicted molar refractivity (Wildman–Crippen MR) is 118 cm³/mol. The fraction of sp³-hybridized carbons (Fsp3) is 0.160. The average molecular weight is 381 g/mol. The van der Waals surface area contributed by atoms with Gasteiger partial charge in [0.25, 0.3) is 0 Å². The first-order chi connectivity index (χ1) is 13.8. The Labute approximate surface area is 170 Å². The zero-order chi connectivity index (χ0) is 20.6. The topological polar surface area (TPSA) is 68.9 Å². The first kappa shape index (κ1) is 18.8. The minimum Gasteiger partial charge on any atom is -0.366 e. The van der Waals surface area contributed by atoms with Crippen molar-refractivity contribution in [1.82, 2.24) is 9.97 Å². The number of hydrogen-bond donors (Lipinski definition) is 1. The third-order valence-corrected chi connectivity index (χ3v) is 5.05. The van der Waals surface area contributed by atoms with Crippen molar-refractivity contribution in [2.75, 3.05) is 0 Å². The second-order valence-corrected chi connectivity index (χ2v) is 8.23. The average Bonchev–Trinajstić information content (AvgIpc) is 2.72. The molecule has 2 N–H and O–H groups in total. The molecule has 4 rings (SSSR count). The molecule has 29 heavy (non-hydrogen) atoms. The van der Waals surface area contributed by atoms with Crippen LogP contribution in [0.3, 0.4) is 0 Å². The van der Waals surface area contributed by atoms with Gasteiger partial charge in [0.1, 0.15) is 0 Å². The number of rotatable bonds is 3. The standard InChI is InChI=1S/C25H23N3O/c1-25(2,3)20-10-8-16(9-11-20)17-12-18(14-19(13-17)24(26)29)23-15-27-21-6-4-5-7-22(21)28-23/h4-15H,1-3H3,(H2,26,29). The largest absolute Gasteiger partial charge is 0.366 e. The lowest BCUT2D eigenvalue weighted by Crippen LogP contribution is -2.11. The van der Waals surface area contributed by atoms with Gasteiger partial charge in [-0.2, -0.15) is 0 Å². The lowest BCUT2D eigenvalue weighted by molar-refractivity contribution is 0.100. The van der Waals surface area contributed by atoms with Crippen LogP contribution in [-0.4, -0.2) is 15.9 Å². The van der Waals surface area contributed by atoms with Crippen LogP contribution in [0.5, 0.6) is 0 Å². The van der Waals surface area contributed by atoms with Crippen molar-refractivity contribution in [3.05, 3.63) is 84.1 Å². The summed E-state index contributed by atoms with van der Waals surface area (Å²) in [6.45, 7) is 6.56. The molecule has 0 fully saturated rings. The normalized spacial score (nSPS) is 11.6. The number of primary amides is 1. The van der Waals surface area contributed by atoms with Crippen molar-refractivity contribution >= 4 is 16.9 Å². The lowest BCUT2D eigenvalue weighted by Gasteiger charge is -2.19. The fourth-order valence-corrected chi connectivity index (χ4v) is 3.34. The quantitative estimate of drug-likeness (QED) is 0.519. The predicted octanol–water partition coefficient (Wildman–Crippen LogP) is 5.36. The summed E-state index contributed by atoms with van der Waals surface area (Å²) in [5, 5.41) is 0. The van der Waals surface area contributed by atoms with Crippen molar-refractivity contribution in [3.8, 4) is 22.4 Å². The molecule has 0 saturated carbocycles.